The Morgan fingerprint density at radius 3 is 2.72 bits per heavy atom. The smallest absolute Gasteiger partial charge is 0.376 e. The molecule has 1 unspecified atom stereocenters. The molecule has 4 rings (SSSR count). The lowest BCUT2D eigenvalue weighted by atomic mass is 10.1. The van der Waals surface area contributed by atoms with Gasteiger partial charge in [-0.15, -0.1) is 0 Å². The highest BCUT2D eigenvalue weighted by molar-refractivity contribution is 5.81. The molecule has 3 heterocycles. The van der Waals surface area contributed by atoms with Crippen molar-refractivity contribution in [2.45, 2.75) is 31.7 Å². The molecule has 0 saturated carbocycles. The molecule has 7 heteroatoms. The van der Waals surface area contributed by atoms with Gasteiger partial charge in [0.05, 0.1) is 41.3 Å². The van der Waals surface area contributed by atoms with Crippen LogP contribution < -0.4 is 0 Å². The van der Waals surface area contributed by atoms with Crippen molar-refractivity contribution < 1.29 is 17.9 Å². The number of hydrogen-bond donors (Lipinski definition) is 0. The zero-order valence-electron chi connectivity index (χ0n) is 13.3. The summed E-state index contributed by atoms with van der Waals surface area (Å²) in [5.74, 6) is 0. The summed E-state index contributed by atoms with van der Waals surface area (Å²) < 4.78 is 45.7. The molecule has 0 aliphatic carbocycles. The Morgan fingerprint density at radius 1 is 1.16 bits per heavy atom. The van der Waals surface area contributed by atoms with E-state index in [4.69, 9.17) is 4.74 Å². The number of aromatic nitrogens is 3. The Kier molecular flexibility index (Phi) is 3.95. The van der Waals surface area contributed by atoms with E-state index in [-0.39, 0.29) is 6.10 Å². The molecule has 4 nitrogen and oxygen atoms in total. The van der Waals surface area contributed by atoms with Crippen molar-refractivity contribution in [3.05, 3.63) is 48.4 Å². The molecule has 0 amide bonds. The summed E-state index contributed by atoms with van der Waals surface area (Å²) in [7, 11) is 0. The van der Waals surface area contributed by atoms with Crippen molar-refractivity contribution in [2.75, 3.05) is 6.61 Å². The molecule has 1 aliphatic heterocycles. The highest BCUT2D eigenvalue weighted by Gasteiger charge is 2.30. The number of imidazole rings is 1. The van der Waals surface area contributed by atoms with E-state index in [1.807, 2.05) is 22.8 Å². The Bertz CT molecular complexity index is 881. The number of nitrogens with zero attached hydrogens (tertiary/aromatic N) is 3. The van der Waals surface area contributed by atoms with Crippen LogP contribution in [0.5, 0.6) is 0 Å². The Morgan fingerprint density at radius 2 is 2.04 bits per heavy atom. The van der Waals surface area contributed by atoms with E-state index in [1.54, 1.807) is 6.33 Å². The van der Waals surface area contributed by atoms with Gasteiger partial charge in [0.2, 0.25) is 0 Å². The monoisotopic (exact) mass is 347 g/mol. The molecule has 1 saturated heterocycles. The van der Waals surface area contributed by atoms with Crippen molar-refractivity contribution in [3.63, 3.8) is 0 Å². The summed E-state index contributed by atoms with van der Waals surface area (Å²) in [5.41, 5.74) is 2.28. The van der Waals surface area contributed by atoms with E-state index in [2.05, 4.69) is 9.97 Å². The van der Waals surface area contributed by atoms with E-state index in [1.165, 1.54) is 6.07 Å². The third-order valence-corrected chi connectivity index (χ3v) is 4.43. The van der Waals surface area contributed by atoms with Crippen molar-refractivity contribution >= 4 is 11.0 Å². The Balaban J connectivity index is 1.66. The van der Waals surface area contributed by atoms with Gasteiger partial charge in [0.1, 0.15) is 0 Å². The maximum Gasteiger partial charge on any atom is 0.417 e. The quantitative estimate of drug-likeness (QED) is 0.709. The minimum atomic E-state index is -4.38. The molecule has 0 radical (unpaired) electrons. The fraction of sp³-hybridized carbons (Fsp3) is 0.333. The van der Waals surface area contributed by atoms with Gasteiger partial charge >= 0.3 is 6.18 Å². The Hall–Kier alpha value is -2.41. The highest BCUT2D eigenvalue weighted by atomic mass is 19.4. The predicted molar refractivity (Wildman–Crippen MR) is 86.9 cm³/mol. The molecule has 130 valence electrons. The third-order valence-electron chi connectivity index (χ3n) is 4.43. The average molecular weight is 347 g/mol. The number of ether oxygens (including phenoxy) is 1. The van der Waals surface area contributed by atoms with Gasteiger partial charge in [0, 0.05) is 18.4 Å². The van der Waals surface area contributed by atoms with Crippen LogP contribution in [0.2, 0.25) is 0 Å². The number of rotatable bonds is 3. The van der Waals surface area contributed by atoms with Crippen LogP contribution in [-0.2, 0) is 17.5 Å². The first-order chi connectivity index (χ1) is 12.0. The van der Waals surface area contributed by atoms with E-state index in [0.717, 1.165) is 54.9 Å². The minimum Gasteiger partial charge on any atom is -0.376 e. The molecule has 1 aromatic carbocycles. The maximum absolute atomic E-state index is 12.7. The largest absolute Gasteiger partial charge is 0.417 e. The molecule has 1 fully saturated rings. The summed E-state index contributed by atoms with van der Waals surface area (Å²) in [6.07, 6.45) is 0.539. The molecule has 3 aromatic rings. The van der Waals surface area contributed by atoms with Crippen molar-refractivity contribution in [1.29, 1.82) is 0 Å². The highest BCUT2D eigenvalue weighted by Crippen LogP contribution is 2.30. The van der Waals surface area contributed by atoms with E-state index in [0.29, 0.717) is 5.69 Å². The third kappa shape index (κ3) is 3.24. The molecule has 0 spiro atoms. The van der Waals surface area contributed by atoms with Crippen LogP contribution in [0.4, 0.5) is 13.2 Å². The normalized spacial score (nSPS) is 18.1. The average Bonchev–Trinajstić information content (AvgIpc) is 3.24. The predicted octanol–water partition coefficient (Wildman–Crippen LogP) is 4.30. The van der Waals surface area contributed by atoms with Gasteiger partial charge in [0.25, 0.3) is 0 Å². The van der Waals surface area contributed by atoms with E-state index >= 15 is 0 Å². The van der Waals surface area contributed by atoms with Crippen LogP contribution in [0.25, 0.3) is 22.3 Å². The van der Waals surface area contributed by atoms with Crippen molar-refractivity contribution in [1.82, 2.24) is 14.5 Å². The second-order valence-electron chi connectivity index (χ2n) is 6.17. The number of alkyl halides is 3. The molecule has 1 aliphatic rings. The molecule has 2 aromatic heterocycles. The van der Waals surface area contributed by atoms with Gasteiger partial charge < -0.3 is 9.30 Å². The molecular weight excluding hydrogens is 331 g/mol. The van der Waals surface area contributed by atoms with Crippen molar-refractivity contribution in [3.8, 4) is 11.3 Å². The fourth-order valence-corrected chi connectivity index (χ4v) is 3.10. The van der Waals surface area contributed by atoms with Gasteiger partial charge in [-0.2, -0.15) is 13.2 Å². The lowest BCUT2D eigenvalue weighted by Gasteiger charge is -2.11. The SMILES string of the molecule is FC(F)(F)c1ccc(-c2ccc3ncn(CC4CCCO4)c3c2)nc1. The lowest BCUT2D eigenvalue weighted by molar-refractivity contribution is -0.137. The lowest BCUT2D eigenvalue weighted by Crippen LogP contribution is -2.14. The number of pyridine rings is 1. The zero-order valence-corrected chi connectivity index (χ0v) is 13.3. The molecule has 25 heavy (non-hydrogen) atoms. The number of hydrogen-bond acceptors (Lipinski definition) is 3. The molecular formula is C18H16F3N3O. The summed E-state index contributed by atoms with van der Waals surface area (Å²) in [4.78, 5) is 8.35. The van der Waals surface area contributed by atoms with Gasteiger partial charge in [0.15, 0.2) is 0 Å². The fourth-order valence-electron chi connectivity index (χ4n) is 3.10. The number of fused-ring (bicyclic) bond motifs is 1. The number of halogens is 3. The minimum absolute atomic E-state index is 0.185. The number of benzene rings is 1. The van der Waals surface area contributed by atoms with Crippen LogP contribution in [0.1, 0.15) is 18.4 Å². The van der Waals surface area contributed by atoms with Gasteiger partial charge in [-0.3, -0.25) is 4.98 Å². The van der Waals surface area contributed by atoms with E-state index < -0.39 is 11.7 Å². The second kappa shape index (κ2) is 6.15. The first-order valence-electron chi connectivity index (χ1n) is 8.11. The standard InChI is InChI=1S/C18H16F3N3O/c19-18(20,21)13-4-6-15(22-9-13)12-3-5-16-17(8-12)24(11-23-16)10-14-2-1-7-25-14/h3-6,8-9,11,14H,1-2,7,10H2. The first-order valence-corrected chi connectivity index (χ1v) is 8.11. The summed E-state index contributed by atoms with van der Waals surface area (Å²) in [5, 5.41) is 0. The van der Waals surface area contributed by atoms with Gasteiger partial charge in [-0.25, -0.2) is 4.98 Å². The molecule has 0 bridgehead atoms. The molecule has 0 N–H and O–H groups in total. The zero-order chi connectivity index (χ0) is 17.4. The van der Waals surface area contributed by atoms with Crippen LogP contribution >= 0.6 is 0 Å². The van der Waals surface area contributed by atoms with Gasteiger partial charge in [-0.1, -0.05) is 6.07 Å². The summed E-state index contributed by atoms with van der Waals surface area (Å²) >= 11 is 0. The topological polar surface area (TPSA) is 39.9 Å². The van der Waals surface area contributed by atoms with Crippen LogP contribution in [0, 0.1) is 0 Å². The van der Waals surface area contributed by atoms with Gasteiger partial charge in [-0.05, 0) is 37.1 Å². The maximum atomic E-state index is 12.7. The van der Waals surface area contributed by atoms with E-state index in [9.17, 15) is 13.2 Å². The second-order valence-corrected chi connectivity index (χ2v) is 6.17. The van der Waals surface area contributed by atoms with Crippen LogP contribution in [-0.4, -0.2) is 27.2 Å². The van der Waals surface area contributed by atoms with Crippen LogP contribution in [0.15, 0.2) is 42.9 Å². The Labute approximate surface area is 142 Å². The van der Waals surface area contributed by atoms with Crippen molar-refractivity contribution in [2.24, 2.45) is 0 Å². The first kappa shape index (κ1) is 16.1. The van der Waals surface area contributed by atoms with Crippen LogP contribution in [0.3, 0.4) is 0 Å². The molecule has 1 atom stereocenters. The summed E-state index contributed by atoms with van der Waals surface area (Å²) in [6.45, 7) is 1.51. The summed E-state index contributed by atoms with van der Waals surface area (Å²) in [6, 6.07) is 8.03.